The van der Waals surface area contributed by atoms with Gasteiger partial charge in [0.25, 0.3) is 0 Å². The molecule has 2 aromatic carbocycles. The number of anilines is 1. The lowest BCUT2D eigenvalue weighted by atomic mass is 10.1. The Morgan fingerprint density at radius 2 is 1.89 bits per heavy atom. The molecule has 1 aliphatic rings. The van der Waals surface area contributed by atoms with Gasteiger partial charge in [-0.25, -0.2) is 8.42 Å². The van der Waals surface area contributed by atoms with E-state index in [1.54, 1.807) is 43.3 Å². The number of carbonyl (C=O) groups is 1. The lowest BCUT2D eigenvalue weighted by Gasteiger charge is -2.26. The van der Waals surface area contributed by atoms with E-state index in [0.717, 1.165) is 0 Å². The number of benzene rings is 2. The van der Waals surface area contributed by atoms with Crippen molar-refractivity contribution < 1.29 is 23.1 Å². The van der Waals surface area contributed by atoms with E-state index in [4.69, 9.17) is 4.74 Å². The van der Waals surface area contributed by atoms with E-state index in [2.05, 4.69) is 5.32 Å². The van der Waals surface area contributed by atoms with E-state index in [1.165, 1.54) is 10.4 Å². The van der Waals surface area contributed by atoms with Gasteiger partial charge in [0.15, 0.2) is 0 Å². The molecule has 28 heavy (non-hydrogen) atoms. The van der Waals surface area contributed by atoms with Crippen LogP contribution in [0.15, 0.2) is 47.4 Å². The summed E-state index contributed by atoms with van der Waals surface area (Å²) < 4.78 is 32.5. The van der Waals surface area contributed by atoms with Crippen LogP contribution in [-0.4, -0.2) is 50.0 Å². The molecule has 1 saturated heterocycles. The van der Waals surface area contributed by atoms with Crippen molar-refractivity contribution in [1.29, 1.82) is 0 Å². The summed E-state index contributed by atoms with van der Waals surface area (Å²) in [5.74, 6) is -0.0913. The third-order valence-electron chi connectivity index (χ3n) is 4.67. The van der Waals surface area contributed by atoms with E-state index >= 15 is 0 Å². The normalized spacial score (nSPS) is 15.3. The van der Waals surface area contributed by atoms with Gasteiger partial charge in [-0.2, -0.15) is 4.31 Å². The first kappa shape index (κ1) is 20.3. The summed E-state index contributed by atoms with van der Waals surface area (Å²) in [5.41, 5.74) is 1.75. The maximum Gasteiger partial charge on any atom is 0.243 e. The quantitative estimate of drug-likeness (QED) is 0.770. The van der Waals surface area contributed by atoms with Crippen molar-refractivity contribution in [1.82, 2.24) is 4.31 Å². The monoisotopic (exact) mass is 404 g/mol. The first-order chi connectivity index (χ1) is 13.4. The number of nitrogens with zero attached hydrogens (tertiary/aromatic N) is 1. The third-order valence-corrected chi connectivity index (χ3v) is 6.71. The minimum atomic E-state index is -3.64. The van der Waals surface area contributed by atoms with Crippen LogP contribution in [0.2, 0.25) is 0 Å². The van der Waals surface area contributed by atoms with Crippen LogP contribution in [0.25, 0.3) is 0 Å². The highest BCUT2D eigenvalue weighted by atomic mass is 32.2. The van der Waals surface area contributed by atoms with Crippen LogP contribution in [0, 0.1) is 6.92 Å². The molecule has 0 saturated carbocycles. The Bertz CT molecular complexity index is 953. The average molecular weight is 404 g/mol. The molecule has 3 rings (SSSR count). The third kappa shape index (κ3) is 4.70. The van der Waals surface area contributed by atoms with Gasteiger partial charge in [0.2, 0.25) is 15.9 Å². The molecule has 0 bridgehead atoms. The van der Waals surface area contributed by atoms with Crippen molar-refractivity contribution in [3.63, 3.8) is 0 Å². The summed E-state index contributed by atoms with van der Waals surface area (Å²) in [6.45, 7) is 3.12. The highest BCUT2D eigenvalue weighted by Gasteiger charge is 2.28. The number of hydrogen-bond acceptors (Lipinski definition) is 5. The number of hydrogen-bond donors (Lipinski definition) is 2. The zero-order valence-electron chi connectivity index (χ0n) is 15.7. The van der Waals surface area contributed by atoms with Gasteiger partial charge in [0.1, 0.15) is 5.75 Å². The van der Waals surface area contributed by atoms with Crippen molar-refractivity contribution in [2.24, 2.45) is 0 Å². The molecule has 2 aromatic rings. The average Bonchev–Trinajstić information content (AvgIpc) is 2.69. The van der Waals surface area contributed by atoms with Crippen molar-refractivity contribution in [3.05, 3.63) is 53.6 Å². The number of ether oxygens (including phenoxy) is 1. The number of carbonyl (C=O) groups excluding carboxylic acids is 1. The smallest absolute Gasteiger partial charge is 0.243 e. The van der Waals surface area contributed by atoms with E-state index in [-0.39, 0.29) is 23.0 Å². The fourth-order valence-corrected chi connectivity index (χ4v) is 4.73. The number of amides is 1. The number of phenolic OH excluding ortho intramolecular Hbond substituents is 1. The molecule has 1 fully saturated rings. The van der Waals surface area contributed by atoms with E-state index in [9.17, 15) is 18.3 Å². The molecule has 1 heterocycles. The maximum absolute atomic E-state index is 12.9. The molecular formula is C20H24N2O5S. The summed E-state index contributed by atoms with van der Waals surface area (Å²) in [6.07, 6.45) is 0.570. The number of nitrogens with one attached hydrogen (secondary N) is 1. The zero-order chi connectivity index (χ0) is 20.1. The molecule has 8 heteroatoms. The summed E-state index contributed by atoms with van der Waals surface area (Å²) in [7, 11) is -3.64. The largest absolute Gasteiger partial charge is 0.508 e. The Hall–Kier alpha value is -2.42. The first-order valence-electron chi connectivity index (χ1n) is 9.13. The molecule has 2 N–H and O–H groups in total. The Balaban J connectivity index is 1.70. The number of sulfonamides is 1. The number of aromatic hydroxyl groups is 1. The number of para-hydroxylation sites is 1. The Morgan fingerprint density at radius 1 is 1.18 bits per heavy atom. The molecule has 1 aliphatic heterocycles. The van der Waals surface area contributed by atoms with Gasteiger partial charge >= 0.3 is 0 Å². The number of morpholine rings is 1. The van der Waals surface area contributed by atoms with Crippen LogP contribution in [0.5, 0.6) is 5.75 Å². The highest BCUT2D eigenvalue weighted by molar-refractivity contribution is 7.89. The molecule has 150 valence electrons. The molecule has 0 spiro atoms. The molecule has 1 amide bonds. The first-order valence-corrected chi connectivity index (χ1v) is 10.6. The molecule has 0 unspecified atom stereocenters. The zero-order valence-corrected chi connectivity index (χ0v) is 16.5. The fraction of sp³-hybridized carbons (Fsp3) is 0.350. The van der Waals surface area contributed by atoms with Gasteiger partial charge in [0, 0.05) is 25.2 Å². The fourth-order valence-electron chi connectivity index (χ4n) is 3.08. The van der Waals surface area contributed by atoms with Gasteiger partial charge in [-0.05, 0) is 42.7 Å². The van der Waals surface area contributed by atoms with Crippen molar-refractivity contribution in [2.75, 3.05) is 31.6 Å². The van der Waals surface area contributed by atoms with Crippen molar-refractivity contribution >= 4 is 21.6 Å². The summed E-state index contributed by atoms with van der Waals surface area (Å²) in [4.78, 5) is 12.5. The van der Waals surface area contributed by atoms with Crippen LogP contribution in [0.4, 0.5) is 5.69 Å². The summed E-state index contributed by atoms with van der Waals surface area (Å²) in [6, 6.07) is 11.7. The topological polar surface area (TPSA) is 95.9 Å². The lowest BCUT2D eigenvalue weighted by Crippen LogP contribution is -2.40. The minimum Gasteiger partial charge on any atom is -0.508 e. The Labute approximate surface area is 165 Å². The Morgan fingerprint density at radius 3 is 2.61 bits per heavy atom. The number of aryl methyl sites for hydroxylation is 2. The van der Waals surface area contributed by atoms with Gasteiger partial charge in [-0.15, -0.1) is 0 Å². The van der Waals surface area contributed by atoms with Gasteiger partial charge in [-0.3, -0.25) is 4.79 Å². The van der Waals surface area contributed by atoms with Crippen LogP contribution in [0.3, 0.4) is 0 Å². The van der Waals surface area contributed by atoms with Crippen LogP contribution in [0.1, 0.15) is 17.5 Å². The van der Waals surface area contributed by atoms with Crippen molar-refractivity contribution in [2.45, 2.75) is 24.7 Å². The molecule has 0 aliphatic carbocycles. The van der Waals surface area contributed by atoms with E-state index in [0.29, 0.717) is 49.5 Å². The second-order valence-corrected chi connectivity index (χ2v) is 8.58. The second kappa shape index (κ2) is 8.72. The lowest BCUT2D eigenvalue weighted by molar-refractivity contribution is -0.116. The molecule has 0 atom stereocenters. The van der Waals surface area contributed by atoms with E-state index in [1.807, 2.05) is 0 Å². The standard InChI is InChI=1S/C20H24N2O5S/c1-15-6-8-17(14-19(15)28(25,26)22-10-12-27-13-11-22)21-20(24)9-7-16-4-2-3-5-18(16)23/h2-6,8,14,23H,7,9-13H2,1H3,(H,21,24). The maximum atomic E-state index is 12.9. The van der Waals surface area contributed by atoms with Gasteiger partial charge in [-0.1, -0.05) is 24.3 Å². The number of phenols is 1. The predicted octanol–water partition coefficient (Wildman–Crippen LogP) is 2.29. The Kier molecular flexibility index (Phi) is 6.33. The van der Waals surface area contributed by atoms with Crippen molar-refractivity contribution in [3.8, 4) is 5.75 Å². The SMILES string of the molecule is Cc1ccc(NC(=O)CCc2ccccc2O)cc1S(=O)(=O)N1CCOCC1. The second-order valence-electron chi connectivity index (χ2n) is 6.67. The predicted molar refractivity (Wildman–Crippen MR) is 106 cm³/mol. The molecule has 7 nitrogen and oxygen atoms in total. The molecule has 0 radical (unpaired) electrons. The van der Waals surface area contributed by atoms with E-state index < -0.39 is 10.0 Å². The number of rotatable bonds is 6. The van der Waals surface area contributed by atoms with Crippen LogP contribution in [-0.2, 0) is 26.0 Å². The van der Waals surface area contributed by atoms with Crippen LogP contribution < -0.4 is 5.32 Å². The molecule has 0 aromatic heterocycles. The highest BCUT2D eigenvalue weighted by Crippen LogP contribution is 2.25. The minimum absolute atomic E-state index is 0.157. The summed E-state index contributed by atoms with van der Waals surface area (Å²) in [5, 5.41) is 12.5. The molecular weight excluding hydrogens is 380 g/mol. The van der Waals surface area contributed by atoms with Crippen LogP contribution >= 0.6 is 0 Å². The summed E-state index contributed by atoms with van der Waals surface area (Å²) >= 11 is 0. The van der Waals surface area contributed by atoms with Gasteiger partial charge in [0.05, 0.1) is 18.1 Å². The van der Waals surface area contributed by atoms with Gasteiger partial charge < -0.3 is 15.2 Å².